The number of hydrazine groups is 3. The van der Waals surface area contributed by atoms with Crippen LogP contribution in [0.1, 0.15) is 22.3 Å². The van der Waals surface area contributed by atoms with E-state index in [4.69, 9.17) is 9.47 Å². The maximum absolute atomic E-state index is 12.4. The van der Waals surface area contributed by atoms with Gasteiger partial charge in [-0.25, -0.2) is 19.8 Å². The average molecular weight is 434 g/mol. The number of hydrogen-bond acceptors (Lipinski definition) is 6. The fourth-order valence-corrected chi connectivity index (χ4v) is 3.67. The smallest absolute Gasteiger partial charge is 0.355 e. The molecule has 0 unspecified atom stereocenters. The molecule has 166 valence electrons. The van der Waals surface area contributed by atoms with Gasteiger partial charge in [0.2, 0.25) is 5.88 Å². The first-order valence-corrected chi connectivity index (χ1v) is 10.3. The Labute approximate surface area is 187 Å². The molecule has 0 saturated carbocycles. The number of carbonyl (C=O) groups is 1. The molecule has 0 radical (unpaired) electrons. The summed E-state index contributed by atoms with van der Waals surface area (Å²) in [6.07, 6.45) is 0. The minimum absolute atomic E-state index is 0.195. The summed E-state index contributed by atoms with van der Waals surface area (Å²) < 4.78 is 11.5. The summed E-state index contributed by atoms with van der Waals surface area (Å²) in [5, 5.41) is 2.85. The minimum atomic E-state index is -0.195. The lowest BCUT2D eigenvalue weighted by Gasteiger charge is -2.20. The molecule has 4 rings (SSSR count). The van der Waals surface area contributed by atoms with Crippen LogP contribution in [0.4, 0.5) is 10.5 Å². The van der Waals surface area contributed by atoms with Crippen LogP contribution in [0, 0.1) is 20.8 Å². The molecule has 1 aliphatic rings. The molecule has 1 aliphatic heterocycles. The number of pyridine rings is 1. The van der Waals surface area contributed by atoms with Crippen molar-refractivity contribution in [2.24, 2.45) is 0 Å². The molecule has 2 N–H and O–H groups in total. The summed E-state index contributed by atoms with van der Waals surface area (Å²) >= 11 is 0. The van der Waals surface area contributed by atoms with Gasteiger partial charge in [0.15, 0.2) is 0 Å². The Bertz CT molecular complexity index is 1160. The van der Waals surface area contributed by atoms with Crippen molar-refractivity contribution < 1.29 is 14.3 Å². The Morgan fingerprint density at radius 3 is 2.47 bits per heavy atom. The van der Waals surface area contributed by atoms with Crippen molar-refractivity contribution in [1.29, 1.82) is 0 Å². The first kappa shape index (κ1) is 21.6. The van der Waals surface area contributed by atoms with Crippen molar-refractivity contribution in [3.63, 3.8) is 0 Å². The highest BCUT2D eigenvalue weighted by molar-refractivity contribution is 5.93. The van der Waals surface area contributed by atoms with E-state index in [-0.39, 0.29) is 6.03 Å². The van der Waals surface area contributed by atoms with Gasteiger partial charge >= 0.3 is 6.03 Å². The number of ether oxygens (including phenoxy) is 2. The summed E-state index contributed by atoms with van der Waals surface area (Å²) in [5.41, 5.74) is 12.3. The van der Waals surface area contributed by atoms with Crippen LogP contribution in [-0.2, 0) is 6.61 Å². The van der Waals surface area contributed by atoms with Gasteiger partial charge in [-0.15, -0.1) is 11.1 Å². The van der Waals surface area contributed by atoms with Crippen molar-refractivity contribution in [2.75, 3.05) is 19.2 Å². The second-order valence-electron chi connectivity index (χ2n) is 7.76. The van der Waals surface area contributed by atoms with Crippen molar-refractivity contribution in [3.05, 3.63) is 70.8 Å². The lowest BCUT2D eigenvalue weighted by atomic mass is 10.0. The molecule has 0 spiro atoms. The quantitative estimate of drug-likeness (QED) is 0.610. The second kappa shape index (κ2) is 8.86. The van der Waals surface area contributed by atoms with E-state index in [1.54, 1.807) is 14.2 Å². The van der Waals surface area contributed by atoms with E-state index in [9.17, 15) is 4.79 Å². The van der Waals surface area contributed by atoms with E-state index in [0.29, 0.717) is 12.5 Å². The van der Waals surface area contributed by atoms with Crippen LogP contribution in [0.2, 0.25) is 0 Å². The van der Waals surface area contributed by atoms with Crippen molar-refractivity contribution in [3.8, 4) is 22.9 Å². The maximum Gasteiger partial charge on any atom is 0.355 e. The fraction of sp³-hybridized carbons (Fsp3) is 0.250. The third kappa shape index (κ3) is 4.10. The summed E-state index contributed by atoms with van der Waals surface area (Å²) in [6, 6.07) is 15.5. The molecule has 2 amide bonds. The highest BCUT2D eigenvalue weighted by Gasteiger charge is 2.28. The average Bonchev–Trinajstić information content (AvgIpc) is 3.12. The summed E-state index contributed by atoms with van der Waals surface area (Å²) in [5.74, 6) is 1.37. The molecule has 0 atom stereocenters. The molecule has 1 saturated heterocycles. The Balaban J connectivity index is 1.60. The molecule has 1 aromatic heterocycles. The monoisotopic (exact) mass is 433 g/mol. The SMILES string of the molecule is COc1cccc(-c2cc(C)c(OCc3c(C)cccc3N3NNN(C)C3=O)cc2C)n1. The third-order valence-corrected chi connectivity index (χ3v) is 5.54. The number of aryl methyl sites for hydroxylation is 3. The molecule has 1 fully saturated rings. The van der Waals surface area contributed by atoms with Crippen molar-refractivity contribution in [2.45, 2.75) is 27.4 Å². The van der Waals surface area contributed by atoms with Gasteiger partial charge in [-0.2, -0.15) is 0 Å². The predicted octanol–water partition coefficient (Wildman–Crippen LogP) is 4.06. The van der Waals surface area contributed by atoms with Gasteiger partial charge in [-0.1, -0.05) is 18.2 Å². The van der Waals surface area contributed by atoms with Crippen LogP contribution >= 0.6 is 0 Å². The van der Waals surface area contributed by atoms with E-state index in [0.717, 1.165) is 44.9 Å². The van der Waals surface area contributed by atoms with E-state index in [1.165, 1.54) is 10.0 Å². The molecular formula is C24H27N5O3. The van der Waals surface area contributed by atoms with Gasteiger partial charge in [0.05, 0.1) is 18.5 Å². The van der Waals surface area contributed by atoms with Crippen molar-refractivity contribution >= 4 is 11.7 Å². The van der Waals surface area contributed by atoms with Gasteiger partial charge in [-0.3, -0.25) is 0 Å². The lowest BCUT2D eigenvalue weighted by Crippen LogP contribution is -2.38. The highest BCUT2D eigenvalue weighted by atomic mass is 16.5. The largest absolute Gasteiger partial charge is 0.489 e. The number of urea groups is 1. The molecule has 3 aromatic rings. The number of benzene rings is 2. The molecule has 32 heavy (non-hydrogen) atoms. The van der Waals surface area contributed by atoms with Gasteiger partial charge in [0.25, 0.3) is 0 Å². The van der Waals surface area contributed by atoms with E-state index < -0.39 is 0 Å². The molecule has 0 bridgehead atoms. The highest BCUT2D eigenvalue weighted by Crippen LogP contribution is 2.32. The Morgan fingerprint density at radius 1 is 0.969 bits per heavy atom. The summed E-state index contributed by atoms with van der Waals surface area (Å²) in [6.45, 7) is 6.39. The number of carbonyl (C=O) groups excluding carboxylic acids is 1. The zero-order chi connectivity index (χ0) is 22.8. The van der Waals surface area contributed by atoms with Crippen LogP contribution in [0.15, 0.2) is 48.5 Å². The number of hydrogen-bond donors (Lipinski definition) is 2. The van der Waals surface area contributed by atoms with Crippen LogP contribution in [0.25, 0.3) is 11.3 Å². The summed E-state index contributed by atoms with van der Waals surface area (Å²) in [7, 11) is 3.27. The molecule has 8 nitrogen and oxygen atoms in total. The maximum atomic E-state index is 12.4. The third-order valence-electron chi connectivity index (χ3n) is 5.54. The summed E-state index contributed by atoms with van der Waals surface area (Å²) in [4.78, 5) is 17.0. The number of methoxy groups -OCH3 is 1. The van der Waals surface area contributed by atoms with Crippen molar-refractivity contribution in [1.82, 2.24) is 21.1 Å². The number of anilines is 1. The van der Waals surface area contributed by atoms with E-state index >= 15 is 0 Å². The molecule has 8 heteroatoms. The van der Waals surface area contributed by atoms with Gasteiger partial charge < -0.3 is 9.47 Å². The number of nitrogens with zero attached hydrogens (tertiary/aromatic N) is 3. The zero-order valence-electron chi connectivity index (χ0n) is 18.9. The molecule has 2 heterocycles. The first-order chi connectivity index (χ1) is 15.4. The number of nitrogens with one attached hydrogen (secondary N) is 2. The van der Waals surface area contributed by atoms with E-state index in [1.807, 2.05) is 63.2 Å². The lowest BCUT2D eigenvalue weighted by molar-refractivity contribution is 0.214. The number of rotatable bonds is 6. The van der Waals surface area contributed by atoms with Crippen LogP contribution in [0.3, 0.4) is 0 Å². The van der Waals surface area contributed by atoms with Crippen LogP contribution < -0.4 is 25.6 Å². The molecule has 2 aromatic carbocycles. The van der Waals surface area contributed by atoms with Gasteiger partial charge in [0, 0.05) is 24.2 Å². The number of aromatic nitrogens is 1. The zero-order valence-corrected chi connectivity index (χ0v) is 18.9. The predicted molar refractivity (Wildman–Crippen MR) is 123 cm³/mol. The Kier molecular flexibility index (Phi) is 5.98. The van der Waals surface area contributed by atoms with Gasteiger partial charge in [-0.05, 0) is 61.7 Å². The normalized spacial score (nSPS) is 13.6. The van der Waals surface area contributed by atoms with Crippen LogP contribution in [0.5, 0.6) is 11.6 Å². The molecule has 0 aliphatic carbocycles. The Morgan fingerprint density at radius 2 is 1.75 bits per heavy atom. The van der Waals surface area contributed by atoms with Gasteiger partial charge in [0.1, 0.15) is 12.4 Å². The van der Waals surface area contributed by atoms with Crippen LogP contribution in [-0.4, -0.2) is 30.2 Å². The Hall–Kier alpha value is -3.62. The second-order valence-corrected chi connectivity index (χ2v) is 7.76. The minimum Gasteiger partial charge on any atom is -0.489 e. The molecular weight excluding hydrogens is 406 g/mol. The first-order valence-electron chi connectivity index (χ1n) is 10.3. The number of amides is 2. The fourth-order valence-electron chi connectivity index (χ4n) is 3.67. The topological polar surface area (TPSA) is 79.0 Å². The van der Waals surface area contributed by atoms with E-state index in [2.05, 4.69) is 22.1 Å². The standard InChI is InChI=1S/C24H27N5O3/c1-15-8-6-10-21(29-24(30)28(4)26-27-29)19(15)14-32-22-13-16(2)18(12-17(22)3)20-9-7-11-23(25-20)31-5/h6-13,26-27H,14H2,1-5H3.